The molecule has 0 N–H and O–H groups in total. The van der Waals surface area contributed by atoms with Gasteiger partial charge in [0.25, 0.3) is 0 Å². The van der Waals surface area contributed by atoms with E-state index in [2.05, 4.69) is 38.7 Å². The zero-order chi connectivity index (χ0) is 21.3. The summed E-state index contributed by atoms with van der Waals surface area (Å²) >= 11 is 0. The number of hydrogen-bond donors (Lipinski definition) is 0. The fourth-order valence-corrected chi connectivity index (χ4v) is 4.26. The predicted octanol–water partition coefficient (Wildman–Crippen LogP) is 11.0. The summed E-state index contributed by atoms with van der Waals surface area (Å²) in [5.74, 6) is 0.842. The van der Waals surface area contributed by atoms with Crippen LogP contribution in [0.1, 0.15) is 155 Å². The molecule has 0 amide bonds. The first kappa shape index (κ1) is 28.5. The molecule has 0 bridgehead atoms. The zero-order valence-electron chi connectivity index (χ0n) is 20.6. The molecule has 172 valence electrons. The van der Waals surface area contributed by atoms with Crippen LogP contribution in [0.15, 0.2) is 24.8 Å². The van der Waals surface area contributed by atoms with Gasteiger partial charge in [-0.15, -0.1) is 6.58 Å². The summed E-state index contributed by atoms with van der Waals surface area (Å²) in [7, 11) is 0. The summed E-state index contributed by atoms with van der Waals surface area (Å²) in [6.07, 6.45) is 38.0. The van der Waals surface area contributed by atoms with E-state index in [1.54, 1.807) is 0 Å². The highest BCUT2D eigenvalue weighted by Crippen LogP contribution is 2.21. The first-order valence-electron chi connectivity index (χ1n) is 13.6. The lowest BCUT2D eigenvalue weighted by Gasteiger charge is -2.13. The summed E-state index contributed by atoms with van der Waals surface area (Å²) in [5, 5.41) is 0. The molecule has 0 aromatic rings. The molecule has 0 aliphatic rings. The van der Waals surface area contributed by atoms with Crippen molar-refractivity contribution in [3.63, 3.8) is 0 Å². The summed E-state index contributed by atoms with van der Waals surface area (Å²) < 4.78 is 0. The molecule has 0 nitrogen and oxygen atoms in total. The van der Waals surface area contributed by atoms with Crippen molar-refractivity contribution in [3.8, 4) is 0 Å². The molecule has 29 heavy (non-hydrogen) atoms. The van der Waals surface area contributed by atoms with Gasteiger partial charge in [-0.05, 0) is 44.4 Å². The lowest BCUT2D eigenvalue weighted by molar-refractivity contribution is 0.466. The highest BCUT2D eigenvalue weighted by Gasteiger charge is 2.05. The summed E-state index contributed by atoms with van der Waals surface area (Å²) in [5.41, 5.74) is 0. The van der Waals surface area contributed by atoms with Crippen LogP contribution in [0.5, 0.6) is 0 Å². The van der Waals surface area contributed by atoms with Gasteiger partial charge >= 0.3 is 0 Å². The van der Waals surface area contributed by atoms with Crippen LogP contribution in [-0.4, -0.2) is 0 Å². The van der Waals surface area contributed by atoms with E-state index >= 15 is 0 Å². The van der Waals surface area contributed by atoms with E-state index in [1.807, 2.05) is 0 Å². The zero-order valence-corrected chi connectivity index (χ0v) is 20.6. The Hall–Kier alpha value is -0.520. The summed E-state index contributed by atoms with van der Waals surface area (Å²) in [4.78, 5) is 0. The first-order valence-corrected chi connectivity index (χ1v) is 13.6. The normalized spacial score (nSPS) is 12.6. The van der Waals surface area contributed by atoms with Crippen molar-refractivity contribution in [2.75, 3.05) is 0 Å². The minimum atomic E-state index is 0.842. The van der Waals surface area contributed by atoms with Gasteiger partial charge in [0.2, 0.25) is 0 Å². The molecule has 0 fully saturated rings. The molecule has 0 aromatic carbocycles. The Morgan fingerprint density at radius 1 is 0.517 bits per heavy atom. The molecule has 0 aliphatic carbocycles. The van der Waals surface area contributed by atoms with Gasteiger partial charge in [-0.25, -0.2) is 0 Å². The highest BCUT2D eigenvalue weighted by molar-refractivity contribution is 4.88. The van der Waals surface area contributed by atoms with E-state index in [4.69, 9.17) is 0 Å². The first-order chi connectivity index (χ1) is 14.3. The lowest BCUT2D eigenvalue weighted by Crippen LogP contribution is -1.97. The monoisotopic (exact) mass is 404 g/mol. The Morgan fingerprint density at radius 2 is 0.931 bits per heavy atom. The van der Waals surface area contributed by atoms with Crippen LogP contribution >= 0.6 is 0 Å². The van der Waals surface area contributed by atoms with Gasteiger partial charge in [-0.1, -0.05) is 135 Å². The number of rotatable bonds is 24. The van der Waals surface area contributed by atoms with Crippen molar-refractivity contribution in [2.24, 2.45) is 5.92 Å². The molecular weight excluding hydrogens is 348 g/mol. The summed E-state index contributed by atoms with van der Waals surface area (Å²) in [6.45, 7) is 8.44. The fraction of sp³-hybridized carbons (Fsp3) is 0.862. The van der Waals surface area contributed by atoms with Gasteiger partial charge in [0.1, 0.15) is 0 Å². The van der Waals surface area contributed by atoms with Crippen LogP contribution < -0.4 is 0 Å². The molecule has 0 rings (SSSR count). The van der Waals surface area contributed by atoms with Gasteiger partial charge in [-0.3, -0.25) is 0 Å². The molecule has 0 heterocycles. The van der Waals surface area contributed by atoms with E-state index in [1.165, 1.54) is 141 Å². The fourth-order valence-electron chi connectivity index (χ4n) is 4.26. The Labute approximate surface area is 186 Å². The van der Waals surface area contributed by atoms with Crippen molar-refractivity contribution < 1.29 is 0 Å². The SMILES string of the molecule is C=CCCCCCCC(C=CCCCCCCCCC)CCCCCCCCC. The standard InChI is InChI=1S/C29H56/c1-4-7-10-13-16-17-19-22-25-28-29(26-23-20-15-12-9-6-3)27-24-21-18-14-11-8-5-2/h6,25,28-29H,3-5,7-24,26-27H2,1-2H3. The van der Waals surface area contributed by atoms with Gasteiger partial charge in [0, 0.05) is 0 Å². The van der Waals surface area contributed by atoms with E-state index in [0.717, 1.165) is 5.92 Å². The Morgan fingerprint density at radius 3 is 1.41 bits per heavy atom. The number of allylic oxidation sites excluding steroid dienone is 3. The van der Waals surface area contributed by atoms with Crippen LogP contribution in [0.4, 0.5) is 0 Å². The second kappa shape index (κ2) is 25.5. The van der Waals surface area contributed by atoms with Crippen molar-refractivity contribution >= 4 is 0 Å². The maximum absolute atomic E-state index is 3.84. The molecule has 0 aliphatic heterocycles. The topological polar surface area (TPSA) is 0 Å². The molecule has 0 saturated heterocycles. The lowest BCUT2D eigenvalue weighted by atomic mass is 9.93. The number of unbranched alkanes of at least 4 members (excludes halogenated alkanes) is 17. The van der Waals surface area contributed by atoms with E-state index in [-0.39, 0.29) is 0 Å². The Balaban J connectivity index is 3.92. The van der Waals surface area contributed by atoms with Crippen LogP contribution in [0.2, 0.25) is 0 Å². The van der Waals surface area contributed by atoms with E-state index in [0.29, 0.717) is 0 Å². The minimum Gasteiger partial charge on any atom is -0.103 e. The van der Waals surface area contributed by atoms with E-state index < -0.39 is 0 Å². The molecule has 1 unspecified atom stereocenters. The number of hydrogen-bond acceptors (Lipinski definition) is 0. The molecule has 0 heteroatoms. The van der Waals surface area contributed by atoms with Crippen LogP contribution in [-0.2, 0) is 0 Å². The van der Waals surface area contributed by atoms with Crippen molar-refractivity contribution in [2.45, 2.75) is 155 Å². The maximum atomic E-state index is 3.84. The summed E-state index contributed by atoms with van der Waals surface area (Å²) in [6, 6.07) is 0. The van der Waals surface area contributed by atoms with Crippen molar-refractivity contribution in [3.05, 3.63) is 24.8 Å². The van der Waals surface area contributed by atoms with Crippen molar-refractivity contribution in [1.82, 2.24) is 0 Å². The largest absolute Gasteiger partial charge is 0.103 e. The van der Waals surface area contributed by atoms with E-state index in [9.17, 15) is 0 Å². The Bertz CT molecular complexity index is 327. The third-order valence-corrected chi connectivity index (χ3v) is 6.29. The minimum absolute atomic E-state index is 0.842. The molecule has 0 aromatic heterocycles. The molecule has 1 atom stereocenters. The average Bonchev–Trinajstić information content (AvgIpc) is 2.73. The second-order valence-corrected chi connectivity index (χ2v) is 9.29. The van der Waals surface area contributed by atoms with Crippen LogP contribution in [0.3, 0.4) is 0 Å². The smallest absolute Gasteiger partial charge is 0.0234 e. The van der Waals surface area contributed by atoms with Gasteiger partial charge in [0.15, 0.2) is 0 Å². The third kappa shape index (κ3) is 23.6. The Kier molecular flexibility index (Phi) is 25.1. The quantitative estimate of drug-likeness (QED) is 0.111. The molecule has 0 radical (unpaired) electrons. The highest BCUT2D eigenvalue weighted by atomic mass is 14.1. The maximum Gasteiger partial charge on any atom is -0.0234 e. The van der Waals surface area contributed by atoms with Crippen LogP contribution in [0, 0.1) is 5.92 Å². The molecular formula is C29H56. The predicted molar refractivity (Wildman–Crippen MR) is 136 cm³/mol. The third-order valence-electron chi connectivity index (χ3n) is 6.29. The van der Waals surface area contributed by atoms with Crippen molar-refractivity contribution in [1.29, 1.82) is 0 Å². The van der Waals surface area contributed by atoms with Crippen LogP contribution in [0.25, 0.3) is 0 Å². The molecule has 0 spiro atoms. The molecule has 0 saturated carbocycles. The van der Waals surface area contributed by atoms with Gasteiger partial charge in [0.05, 0.1) is 0 Å². The van der Waals surface area contributed by atoms with Gasteiger partial charge in [-0.2, -0.15) is 0 Å². The average molecular weight is 405 g/mol. The van der Waals surface area contributed by atoms with Gasteiger partial charge < -0.3 is 0 Å². The second-order valence-electron chi connectivity index (χ2n) is 9.29.